The zero-order valence-corrected chi connectivity index (χ0v) is 7.14. The summed E-state index contributed by atoms with van der Waals surface area (Å²) in [5.74, 6) is 0. The van der Waals surface area contributed by atoms with Crippen LogP contribution in [0.1, 0.15) is 13.3 Å². The minimum atomic E-state index is -0.366. The van der Waals surface area contributed by atoms with E-state index in [4.69, 9.17) is 10.8 Å². The highest BCUT2D eigenvalue weighted by atomic mass is 16.3. The number of nitrogens with one attached hydrogen (secondary N) is 2. The average molecular weight is 161 g/mol. The predicted octanol–water partition coefficient (Wildman–Crippen LogP) is -1.15. The molecule has 0 amide bonds. The number of aliphatic hydroxyl groups is 1. The van der Waals surface area contributed by atoms with E-state index in [1.165, 1.54) is 0 Å². The molecule has 1 atom stereocenters. The molecule has 0 aliphatic carbocycles. The van der Waals surface area contributed by atoms with Crippen molar-refractivity contribution in [2.75, 3.05) is 26.2 Å². The first-order valence-electron chi connectivity index (χ1n) is 4.13. The topological polar surface area (TPSA) is 70.3 Å². The van der Waals surface area contributed by atoms with Crippen LogP contribution in [0.15, 0.2) is 0 Å². The summed E-state index contributed by atoms with van der Waals surface area (Å²) in [6, 6.07) is 0. The molecular weight excluding hydrogens is 142 g/mol. The Morgan fingerprint density at radius 1 is 1.36 bits per heavy atom. The van der Waals surface area contributed by atoms with Gasteiger partial charge in [0, 0.05) is 26.2 Å². The van der Waals surface area contributed by atoms with Crippen LogP contribution in [-0.2, 0) is 0 Å². The minimum absolute atomic E-state index is 0.366. The van der Waals surface area contributed by atoms with Gasteiger partial charge < -0.3 is 16.2 Å². The maximum atomic E-state index is 9.05. The summed E-state index contributed by atoms with van der Waals surface area (Å²) in [6.45, 7) is 5.08. The lowest BCUT2D eigenvalue weighted by atomic mass is 10.4. The summed E-state index contributed by atoms with van der Waals surface area (Å²) in [5.41, 5.74) is 5.26. The predicted molar refractivity (Wildman–Crippen MR) is 46.2 cm³/mol. The summed E-state index contributed by atoms with van der Waals surface area (Å²) in [6.07, 6.45) is 0.381. The zero-order chi connectivity index (χ0) is 8.53. The Kier molecular flexibility index (Phi) is 7.83. The number of rotatable bonds is 7. The molecule has 0 heterocycles. The normalized spacial score (nSPS) is 13.4. The molecule has 4 nitrogen and oxygen atoms in total. The molecule has 0 radical (unpaired) electrons. The minimum Gasteiger partial charge on any atom is -0.379 e. The van der Waals surface area contributed by atoms with E-state index in [1.54, 1.807) is 0 Å². The van der Waals surface area contributed by atoms with Gasteiger partial charge in [-0.1, -0.05) is 6.92 Å². The Balaban J connectivity index is 2.89. The molecule has 11 heavy (non-hydrogen) atoms. The molecule has 1 unspecified atom stereocenters. The lowest BCUT2D eigenvalue weighted by Crippen LogP contribution is -2.35. The van der Waals surface area contributed by atoms with Crippen LogP contribution in [0.4, 0.5) is 0 Å². The van der Waals surface area contributed by atoms with Gasteiger partial charge in [0.25, 0.3) is 0 Å². The fourth-order valence-corrected chi connectivity index (χ4v) is 0.699. The van der Waals surface area contributed by atoms with Crippen molar-refractivity contribution in [1.82, 2.24) is 10.6 Å². The van der Waals surface area contributed by atoms with E-state index in [0.29, 0.717) is 6.54 Å². The highest BCUT2D eigenvalue weighted by molar-refractivity contribution is 4.53. The summed E-state index contributed by atoms with van der Waals surface area (Å²) in [5, 5.41) is 15.1. The monoisotopic (exact) mass is 161 g/mol. The van der Waals surface area contributed by atoms with Crippen LogP contribution in [0.3, 0.4) is 0 Å². The molecule has 0 aromatic rings. The van der Waals surface area contributed by atoms with Gasteiger partial charge in [0.15, 0.2) is 0 Å². The van der Waals surface area contributed by atoms with Gasteiger partial charge in [-0.25, -0.2) is 0 Å². The fraction of sp³-hybridized carbons (Fsp3) is 1.00. The van der Waals surface area contributed by atoms with Gasteiger partial charge in [0.1, 0.15) is 6.23 Å². The Hall–Kier alpha value is -0.160. The molecule has 5 N–H and O–H groups in total. The van der Waals surface area contributed by atoms with Crippen molar-refractivity contribution >= 4 is 0 Å². The quantitative estimate of drug-likeness (QED) is 0.281. The summed E-state index contributed by atoms with van der Waals surface area (Å²) >= 11 is 0. The molecule has 4 heteroatoms. The molecule has 0 saturated carbocycles. The standard InChI is InChI=1S/C7H19N3O/c1-2-7(11)10-6-5-9-4-3-8/h7,9-11H,2-6,8H2,1H3. The number of aliphatic hydroxyl groups excluding tert-OH is 1. The van der Waals surface area contributed by atoms with Crippen molar-refractivity contribution in [3.05, 3.63) is 0 Å². The lowest BCUT2D eigenvalue weighted by molar-refractivity contribution is 0.134. The van der Waals surface area contributed by atoms with Gasteiger partial charge in [-0.3, -0.25) is 5.32 Å². The Morgan fingerprint density at radius 3 is 2.64 bits per heavy atom. The lowest BCUT2D eigenvalue weighted by Gasteiger charge is -2.09. The van der Waals surface area contributed by atoms with E-state index < -0.39 is 0 Å². The van der Waals surface area contributed by atoms with Crippen LogP contribution in [-0.4, -0.2) is 37.5 Å². The third-order valence-corrected chi connectivity index (χ3v) is 1.39. The van der Waals surface area contributed by atoms with Crippen LogP contribution in [0.2, 0.25) is 0 Å². The first-order valence-corrected chi connectivity index (χ1v) is 4.13. The highest BCUT2D eigenvalue weighted by Gasteiger charge is 1.95. The van der Waals surface area contributed by atoms with Crippen LogP contribution < -0.4 is 16.4 Å². The van der Waals surface area contributed by atoms with E-state index in [9.17, 15) is 0 Å². The van der Waals surface area contributed by atoms with Crippen molar-refractivity contribution in [1.29, 1.82) is 0 Å². The van der Waals surface area contributed by atoms with Crippen LogP contribution in [0.5, 0.6) is 0 Å². The van der Waals surface area contributed by atoms with Gasteiger partial charge in [0.05, 0.1) is 0 Å². The van der Waals surface area contributed by atoms with Crippen molar-refractivity contribution in [3.8, 4) is 0 Å². The van der Waals surface area contributed by atoms with Gasteiger partial charge in [-0.15, -0.1) is 0 Å². The molecule has 0 aliphatic heterocycles. The fourth-order valence-electron chi connectivity index (χ4n) is 0.699. The van der Waals surface area contributed by atoms with Crippen molar-refractivity contribution < 1.29 is 5.11 Å². The van der Waals surface area contributed by atoms with Gasteiger partial charge >= 0.3 is 0 Å². The second-order valence-electron chi connectivity index (χ2n) is 2.42. The number of hydrogen-bond acceptors (Lipinski definition) is 4. The van der Waals surface area contributed by atoms with E-state index in [0.717, 1.165) is 26.1 Å². The largest absolute Gasteiger partial charge is 0.379 e. The Morgan fingerprint density at radius 2 is 2.09 bits per heavy atom. The summed E-state index contributed by atoms with van der Waals surface area (Å²) < 4.78 is 0. The first kappa shape index (κ1) is 10.8. The molecule has 0 rings (SSSR count). The van der Waals surface area contributed by atoms with Crippen LogP contribution in [0, 0.1) is 0 Å². The molecule has 0 saturated heterocycles. The van der Waals surface area contributed by atoms with Crippen molar-refractivity contribution in [2.24, 2.45) is 5.73 Å². The van der Waals surface area contributed by atoms with Crippen molar-refractivity contribution in [2.45, 2.75) is 19.6 Å². The molecule has 0 fully saturated rings. The Bertz CT molecular complexity index is 80.1. The van der Waals surface area contributed by atoms with E-state index >= 15 is 0 Å². The maximum absolute atomic E-state index is 9.05. The molecule has 0 aromatic heterocycles. The van der Waals surface area contributed by atoms with E-state index in [-0.39, 0.29) is 6.23 Å². The zero-order valence-electron chi connectivity index (χ0n) is 7.14. The van der Waals surface area contributed by atoms with E-state index in [2.05, 4.69) is 10.6 Å². The summed E-state index contributed by atoms with van der Waals surface area (Å²) in [4.78, 5) is 0. The first-order chi connectivity index (χ1) is 5.31. The SMILES string of the molecule is CCC(O)NCCNCCN. The number of hydrogen-bond donors (Lipinski definition) is 4. The highest BCUT2D eigenvalue weighted by Crippen LogP contribution is 1.80. The van der Waals surface area contributed by atoms with Gasteiger partial charge in [-0.05, 0) is 6.42 Å². The van der Waals surface area contributed by atoms with E-state index in [1.807, 2.05) is 6.92 Å². The maximum Gasteiger partial charge on any atom is 0.104 e. The number of nitrogens with two attached hydrogens (primary N) is 1. The van der Waals surface area contributed by atoms with Crippen molar-refractivity contribution in [3.63, 3.8) is 0 Å². The molecule has 0 bridgehead atoms. The third-order valence-electron chi connectivity index (χ3n) is 1.39. The van der Waals surface area contributed by atoms with Crippen LogP contribution in [0.25, 0.3) is 0 Å². The van der Waals surface area contributed by atoms with Gasteiger partial charge in [-0.2, -0.15) is 0 Å². The second-order valence-corrected chi connectivity index (χ2v) is 2.42. The Labute approximate surface area is 68.2 Å². The second kappa shape index (κ2) is 7.94. The van der Waals surface area contributed by atoms with Crippen LogP contribution >= 0.6 is 0 Å². The molecule has 0 spiro atoms. The third kappa shape index (κ3) is 7.74. The van der Waals surface area contributed by atoms with Gasteiger partial charge in [0.2, 0.25) is 0 Å². The molecule has 0 aliphatic rings. The molecular formula is C7H19N3O. The summed E-state index contributed by atoms with van der Waals surface area (Å²) in [7, 11) is 0. The smallest absolute Gasteiger partial charge is 0.104 e. The average Bonchev–Trinajstić information content (AvgIpc) is 2.04. The molecule has 68 valence electrons. The molecule has 0 aromatic carbocycles.